The van der Waals surface area contributed by atoms with Gasteiger partial charge in [0.25, 0.3) is 11.8 Å². The van der Waals surface area contributed by atoms with Crippen LogP contribution in [0.4, 0.5) is 4.39 Å². The minimum absolute atomic E-state index is 0.00328. The Labute approximate surface area is 307 Å². The molecule has 6 aromatic rings. The van der Waals surface area contributed by atoms with Gasteiger partial charge in [0.2, 0.25) is 5.88 Å². The first-order valence-electron chi connectivity index (χ1n) is 17.6. The van der Waals surface area contributed by atoms with E-state index in [4.69, 9.17) is 9.47 Å². The highest BCUT2D eigenvalue weighted by Crippen LogP contribution is 2.24. The van der Waals surface area contributed by atoms with Gasteiger partial charge in [0.1, 0.15) is 47.6 Å². The van der Waals surface area contributed by atoms with Gasteiger partial charge in [0, 0.05) is 37.9 Å². The number of carbonyl (C=O) groups excluding carboxylic acids is 2. The molecule has 8 rings (SSSR count). The number of hydrogen-bond donors (Lipinski definition) is 0. The molecule has 5 heterocycles. The second kappa shape index (κ2) is 15.9. The van der Waals surface area contributed by atoms with E-state index >= 15 is 0 Å². The van der Waals surface area contributed by atoms with Gasteiger partial charge in [-0.2, -0.15) is 10.2 Å². The lowest BCUT2D eigenvalue weighted by Gasteiger charge is -2.33. The summed E-state index contributed by atoms with van der Waals surface area (Å²) in [4.78, 5) is 33.7. The maximum absolute atomic E-state index is 13.0. The Kier molecular flexibility index (Phi) is 10.6. The molecule has 0 fully saturated rings. The lowest BCUT2D eigenvalue weighted by molar-refractivity contribution is 0.0584. The summed E-state index contributed by atoms with van der Waals surface area (Å²) in [5.74, 6) is 0.774. The summed E-state index contributed by atoms with van der Waals surface area (Å²) in [7, 11) is 0. The molecule has 2 aliphatic heterocycles. The fourth-order valence-corrected chi connectivity index (χ4v) is 6.42. The highest BCUT2D eigenvalue weighted by molar-refractivity contribution is 5.94. The van der Waals surface area contributed by atoms with Crippen LogP contribution in [0.1, 0.15) is 63.4 Å². The Morgan fingerprint density at radius 3 is 2.02 bits per heavy atom. The maximum atomic E-state index is 13.0. The Morgan fingerprint density at radius 1 is 0.679 bits per heavy atom. The van der Waals surface area contributed by atoms with Gasteiger partial charge in [0.05, 0.1) is 12.6 Å². The van der Waals surface area contributed by atoms with Crippen LogP contribution in [0.2, 0.25) is 0 Å². The Balaban J connectivity index is 0.000000164. The fraction of sp³-hybridized carbons (Fsp3) is 0.244. The quantitative estimate of drug-likeness (QED) is 0.155. The first-order chi connectivity index (χ1) is 25.8. The molecule has 0 saturated heterocycles. The Bertz CT molecular complexity index is 2140. The van der Waals surface area contributed by atoms with Crippen molar-refractivity contribution in [3.05, 3.63) is 161 Å². The normalized spacial score (nSPS) is 16.4. The molecule has 0 aliphatic carbocycles. The Morgan fingerprint density at radius 2 is 1.32 bits per heavy atom. The fourth-order valence-electron chi connectivity index (χ4n) is 6.42. The topological polar surface area (TPSA) is 108 Å². The lowest BCUT2D eigenvalue weighted by Crippen LogP contribution is -2.46. The summed E-state index contributed by atoms with van der Waals surface area (Å²) < 4.78 is 27.8. The second-order valence-corrected chi connectivity index (χ2v) is 13.2. The molecule has 0 bridgehead atoms. The van der Waals surface area contributed by atoms with Crippen LogP contribution in [0.25, 0.3) is 0 Å². The van der Waals surface area contributed by atoms with Crippen molar-refractivity contribution < 1.29 is 23.5 Å². The standard InChI is InChI=1S/C21H20FN3O2.C20H20N4O2/c1-15-12-25-20(21(26)24(15)13-16-5-3-2-4-6-16)11-18(23-25)14-27-19-9-7-17(22)8-10-19;1-15-12-23(13-16-7-3-2-4-8-16)20(25)18-11-17(22-24(15)18)14-26-19-9-5-6-10-21-19/h2-11,15H,12-14H2,1H3;2-11,15H,12-14H2,1H3/t15-;/m1./s1. The molecule has 0 saturated carbocycles. The molecule has 3 aromatic heterocycles. The van der Waals surface area contributed by atoms with E-state index in [9.17, 15) is 14.0 Å². The van der Waals surface area contributed by atoms with Crippen LogP contribution in [0.5, 0.6) is 11.6 Å². The summed E-state index contributed by atoms with van der Waals surface area (Å²) >= 11 is 0. The van der Waals surface area contributed by atoms with E-state index < -0.39 is 0 Å². The highest BCUT2D eigenvalue weighted by atomic mass is 19.1. The van der Waals surface area contributed by atoms with Crippen molar-refractivity contribution in [1.82, 2.24) is 34.3 Å². The van der Waals surface area contributed by atoms with Crippen molar-refractivity contribution >= 4 is 11.8 Å². The van der Waals surface area contributed by atoms with Gasteiger partial charge in [-0.15, -0.1) is 0 Å². The minimum atomic E-state index is -0.308. The van der Waals surface area contributed by atoms with Crippen molar-refractivity contribution in [2.45, 2.75) is 58.8 Å². The second-order valence-electron chi connectivity index (χ2n) is 13.2. The van der Waals surface area contributed by atoms with Gasteiger partial charge in [-0.3, -0.25) is 19.0 Å². The molecule has 0 spiro atoms. The molecule has 270 valence electrons. The number of aromatic nitrogens is 5. The third-order valence-electron chi connectivity index (χ3n) is 9.09. The predicted octanol–water partition coefficient (Wildman–Crippen LogP) is 6.72. The van der Waals surface area contributed by atoms with Gasteiger partial charge in [-0.1, -0.05) is 66.7 Å². The van der Waals surface area contributed by atoms with Crippen LogP contribution in [0, 0.1) is 5.82 Å². The van der Waals surface area contributed by atoms with Gasteiger partial charge in [0.15, 0.2) is 0 Å². The zero-order valence-electron chi connectivity index (χ0n) is 29.6. The third kappa shape index (κ3) is 8.44. The first kappa shape index (κ1) is 35.1. The summed E-state index contributed by atoms with van der Waals surface area (Å²) in [6, 6.07) is 35.1. The molecule has 0 radical (unpaired) electrons. The largest absolute Gasteiger partial charge is 0.487 e. The predicted molar refractivity (Wildman–Crippen MR) is 195 cm³/mol. The molecule has 1 unspecified atom stereocenters. The number of rotatable bonds is 10. The molecular formula is C41H40FN7O4. The molecule has 11 nitrogen and oxygen atoms in total. The zero-order valence-corrected chi connectivity index (χ0v) is 29.6. The van der Waals surface area contributed by atoms with Crippen molar-refractivity contribution in [1.29, 1.82) is 0 Å². The number of ether oxygens (including phenoxy) is 2. The van der Waals surface area contributed by atoms with E-state index in [1.165, 1.54) is 12.1 Å². The van der Waals surface area contributed by atoms with Gasteiger partial charge >= 0.3 is 0 Å². The molecule has 2 aliphatic rings. The van der Waals surface area contributed by atoms with Crippen LogP contribution < -0.4 is 9.47 Å². The van der Waals surface area contributed by atoms with E-state index in [1.54, 1.807) is 39.8 Å². The van der Waals surface area contributed by atoms with E-state index in [1.807, 2.05) is 95.6 Å². The molecule has 12 heteroatoms. The van der Waals surface area contributed by atoms with E-state index in [0.29, 0.717) is 54.9 Å². The van der Waals surface area contributed by atoms with E-state index in [2.05, 4.69) is 22.1 Å². The average Bonchev–Trinajstić information content (AvgIpc) is 3.81. The SMILES string of the molecule is CC1CN(Cc2ccccc2)C(=O)c2cc(COc3ccccn3)nn21.C[C@@H]1Cn2nc(COc3ccc(F)cc3)cc2C(=O)N1Cc1ccccc1. The average molecular weight is 714 g/mol. The molecule has 53 heavy (non-hydrogen) atoms. The van der Waals surface area contributed by atoms with Gasteiger partial charge in [-0.05, 0) is 67.4 Å². The van der Waals surface area contributed by atoms with Crippen LogP contribution in [0.3, 0.4) is 0 Å². The van der Waals surface area contributed by atoms with Gasteiger partial charge < -0.3 is 19.3 Å². The molecule has 2 atom stereocenters. The molecular weight excluding hydrogens is 673 g/mol. The van der Waals surface area contributed by atoms with Crippen molar-refractivity contribution in [2.75, 3.05) is 6.54 Å². The van der Waals surface area contributed by atoms with Crippen LogP contribution in [0.15, 0.2) is 121 Å². The number of fused-ring (bicyclic) bond motifs is 2. The van der Waals surface area contributed by atoms with Crippen LogP contribution in [-0.2, 0) is 32.8 Å². The summed E-state index contributed by atoms with van der Waals surface area (Å²) in [6.45, 7) is 7.09. The number of hydrogen-bond acceptors (Lipinski definition) is 7. The van der Waals surface area contributed by atoms with Crippen molar-refractivity contribution in [3.63, 3.8) is 0 Å². The summed E-state index contributed by atoms with van der Waals surface area (Å²) in [6.07, 6.45) is 1.68. The lowest BCUT2D eigenvalue weighted by atomic mass is 10.1. The molecule has 0 N–H and O–H groups in total. The monoisotopic (exact) mass is 713 g/mol. The first-order valence-corrected chi connectivity index (χ1v) is 17.6. The number of carbonyl (C=O) groups is 2. The minimum Gasteiger partial charge on any atom is -0.487 e. The summed E-state index contributed by atoms with van der Waals surface area (Å²) in [5.41, 5.74) is 4.81. The highest BCUT2D eigenvalue weighted by Gasteiger charge is 2.32. The summed E-state index contributed by atoms with van der Waals surface area (Å²) in [5, 5.41) is 9.05. The number of pyridine rings is 1. The number of nitrogens with zero attached hydrogens (tertiary/aromatic N) is 7. The maximum Gasteiger partial charge on any atom is 0.272 e. The van der Waals surface area contributed by atoms with Crippen LogP contribution >= 0.6 is 0 Å². The number of halogens is 1. The van der Waals surface area contributed by atoms with E-state index in [0.717, 1.165) is 16.8 Å². The van der Waals surface area contributed by atoms with Crippen LogP contribution in [-0.4, -0.2) is 58.7 Å². The van der Waals surface area contributed by atoms with Crippen molar-refractivity contribution in [3.8, 4) is 11.6 Å². The molecule has 2 amide bonds. The number of benzene rings is 3. The molecule has 3 aromatic carbocycles. The zero-order chi connectivity index (χ0) is 36.7. The van der Waals surface area contributed by atoms with Crippen molar-refractivity contribution in [2.24, 2.45) is 0 Å². The Hall–Kier alpha value is -6.30. The third-order valence-corrected chi connectivity index (χ3v) is 9.09. The number of amides is 2. The smallest absolute Gasteiger partial charge is 0.272 e. The van der Waals surface area contributed by atoms with E-state index in [-0.39, 0.29) is 42.9 Å². The van der Waals surface area contributed by atoms with Gasteiger partial charge in [-0.25, -0.2) is 9.37 Å².